The second-order valence-corrected chi connectivity index (χ2v) is 9.69. The van der Waals surface area contributed by atoms with Gasteiger partial charge in [0, 0.05) is 5.56 Å². The third-order valence-corrected chi connectivity index (χ3v) is 6.33. The highest BCUT2D eigenvalue weighted by Crippen LogP contribution is 2.41. The Labute approximate surface area is 156 Å². The number of hydrogen-bond donors (Lipinski definition) is 1. The number of benzene rings is 2. The Hall–Kier alpha value is -1.85. The van der Waals surface area contributed by atoms with Crippen LogP contribution < -0.4 is 4.72 Å². The normalized spacial score (nSPS) is 22.5. The number of rotatable bonds is 4. The molecule has 0 aliphatic heterocycles. The van der Waals surface area contributed by atoms with E-state index in [0.29, 0.717) is 17.5 Å². The van der Waals surface area contributed by atoms with E-state index < -0.39 is 33.2 Å². The second kappa shape index (κ2) is 7.05. The van der Waals surface area contributed by atoms with Gasteiger partial charge in [0.15, 0.2) is 5.67 Å². The maximum atomic E-state index is 16.2. The van der Waals surface area contributed by atoms with Gasteiger partial charge in [0.25, 0.3) is 0 Å². The molecular weight excluding hydrogens is 349 g/mol. The summed E-state index contributed by atoms with van der Waals surface area (Å²) in [6.07, 6.45) is 0.544. The molecule has 0 fully saturated rings. The molecule has 0 amide bonds. The van der Waals surface area contributed by atoms with Gasteiger partial charge in [-0.05, 0) is 44.7 Å². The lowest BCUT2D eigenvalue weighted by molar-refractivity contribution is 0.0534. The Morgan fingerprint density at radius 3 is 2.35 bits per heavy atom. The van der Waals surface area contributed by atoms with E-state index in [4.69, 9.17) is 0 Å². The minimum atomic E-state index is -2.14. The quantitative estimate of drug-likeness (QED) is 0.868. The van der Waals surface area contributed by atoms with Gasteiger partial charge in [0.2, 0.25) is 5.78 Å². The van der Waals surface area contributed by atoms with Crippen LogP contribution in [0.15, 0.2) is 54.6 Å². The summed E-state index contributed by atoms with van der Waals surface area (Å²) in [6, 6.07) is 15.2. The number of carbonyl (C=O) groups excluding carboxylic acids is 1. The number of halogens is 1. The maximum absolute atomic E-state index is 16.2. The molecule has 0 aromatic heterocycles. The number of hydrogen-bond acceptors (Lipinski definition) is 2. The van der Waals surface area contributed by atoms with E-state index in [2.05, 4.69) is 4.72 Å². The highest BCUT2D eigenvalue weighted by Gasteiger charge is 2.50. The first kappa shape index (κ1) is 18.9. The van der Waals surface area contributed by atoms with Gasteiger partial charge in [-0.3, -0.25) is 4.79 Å². The summed E-state index contributed by atoms with van der Waals surface area (Å²) < 4.78 is 31.3. The second-order valence-electron chi connectivity index (χ2n) is 7.69. The molecule has 26 heavy (non-hydrogen) atoms. The standard InChI is InChI=1S/C21H24FNO2S/c1-20(2,3)26(25)23-18(16-10-5-4-6-11-16)21(22)14-13-15-9-7-8-12-17(15)19(21)24/h4-12,18,23H,13-14H2,1-3H3/t18-,21+,26?/m1/s1. The van der Waals surface area contributed by atoms with Crippen LogP contribution in [-0.4, -0.2) is 20.4 Å². The van der Waals surface area contributed by atoms with Crippen LogP contribution >= 0.6 is 0 Å². The summed E-state index contributed by atoms with van der Waals surface area (Å²) >= 11 is 0. The summed E-state index contributed by atoms with van der Waals surface area (Å²) in [4.78, 5) is 13.1. The molecule has 138 valence electrons. The van der Waals surface area contributed by atoms with E-state index >= 15 is 4.39 Å². The van der Waals surface area contributed by atoms with Gasteiger partial charge in [-0.15, -0.1) is 0 Å². The molecule has 0 bridgehead atoms. The average Bonchev–Trinajstić information content (AvgIpc) is 2.63. The molecule has 2 aromatic rings. The zero-order chi connectivity index (χ0) is 18.9. The largest absolute Gasteiger partial charge is 0.290 e. The topological polar surface area (TPSA) is 46.2 Å². The third kappa shape index (κ3) is 3.51. The fraction of sp³-hybridized carbons (Fsp3) is 0.381. The number of fused-ring (bicyclic) bond motifs is 1. The molecule has 1 aliphatic carbocycles. The third-order valence-electron chi connectivity index (χ3n) is 4.77. The van der Waals surface area contributed by atoms with Gasteiger partial charge >= 0.3 is 0 Å². The first-order valence-electron chi connectivity index (χ1n) is 8.78. The Bertz CT molecular complexity index is 831. The van der Waals surface area contributed by atoms with Gasteiger partial charge in [0.1, 0.15) is 0 Å². The van der Waals surface area contributed by atoms with Crippen molar-refractivity contribution >= 4 is 16.8 Å². The fourth-order valence-corrected chi connectivity index (χ4v) is 4.13. The molecule has 5 heteroatoms. The van der Waals surface area contributed by atoms with Crippen LogP contribution in [-0.2, 0) is 17.4 Å². The Balaban J connectivity index is 2.04. The molecule has 0 spiro atoms. The Morgan fingerprint density at radius 1 is 1.08 bits per heavy atom. The van der Waals surface area contributed by atoms with Crippen molar-refractivity contribution in [2.24, 2.45) is 0 Å². The lowest BCUT2D eigenvalue weighted by atomic mass is 9.75. The van der Waals surface area contributed by atoms with Crippen molar-refractivity contribution < 1.29 is 13.4 Å². The van der Waals surface area contributed by atoms with Crippen molar-refractivity contribution in [1.29, 1.82) is 0 Å². The summed E-state index contributed by atoms with van der Waals surface area (Å²) in [5.74, 6) is -0.536. The highest BCUT2D eigenvalue weighted by atomic mass is 32.2. The summed E-state index contributed by atoms with van der Waals surface area (Å²) in [5.41, 5.74) is -0.225. The molecule has 0 heterocycles. The van der Waals surface area contributed by atoms with Crippen LogP contribution in [0.4, 0.5) is 4.39 Å². The SMILES string of the molecule is CC(C)(C)S(=O)N[C@H](c1ccccc1)[C@@]1(F)CCc2ccccc2C1=O. The zero-order valence-electron chi connectivity index (χ0n) is 15.3. The number of nitrogens with one attached hydrogen (secondary N) is 1. The van der Waals surface area contributed by atoms with E-state index in [1.165, 1.54) is 0 Å². The summed E-state index contributed by atoms with van der Waals surface area (Å²) in [7, 11) is -1.51. The monoisotopic (exact) mass is 373 g/mol. The number of Topliss-reactive ketones (excluding diaryl/α,β-unsaturated/α-hetero) is 1. The van der Waals surface area contributed by atoms with E-state index in [0.717, 1.165) is 5.56 Å². The van der Waals surface area contributed by atoms with Crippen LogP contribution in [0.3, 0.4) is 0 Å². The van der Waals surface area contributed by atoms with E-state index in [9.17, 15) is 9.00 Å². The lowest BCUT2D eigenvalue weighted by Gasteiger charge is -2.37. The first-order chi connectivity index (χ1) is 12.2. The molecule has 3 nitrogen and oxygen atoms in total. The van der Waals surface area contributed by atoms with Gasteiger partial charge in [-0.25, -0.2) is 13.3 Å². The van der Waals surface area contributed by atoms with Crippen molar-refractivity contribution in [2.75, 3.05) is 0 Å². The molecule has 3 atom stereocenters. The summed E-state index contributed by atoms with van der Waals surface area (Å²) in [6.45, 7) is 5.46. The van der Waals surface area contributed by atoms with Crippen LogP contribution in [0.5, 0.6) is 0 Å². The zero-order valence-corrected chi connectivity index (χ0v) is 16.1. The lowest BCUT2D eigenvalue weighted by Crippen LogP contribution is -2.51. The average molecular weight is 373 g/mol. The van der Waals surface area contributed by atoms with Crippen LogP contribution in [0, 0.1) is 0 Å². The molecule has 1 N–H and O–H groups in total. The predicted molar refractivity (Wildman–Crippen MR) is 103 cm³/mol. The maximum Gasteiger partial charge on any atom is 0.202 e. The Kier molecular flexibility index (Phi) is 5.13. The van der Waals surface area contributed by atoms with E-state index in [1.807, 2.05) is 39.0 Å². The molecule has 3 rings (SSSR count). The molecule has 0 saturated heterocycles. The number of alkyl halides is 1. The number of carbonyl (C=O) groups is 1. The van der Waals surface area contributed by atoms with Crippen molar-refractivity contribution in [3.63, 3.8) is 0 Å². The Morgan fingerprint density at radius 2 is 1.69 bits per heavy atom. The number of ketones is 1. The van der Waals surface area contributed by atoms with Crippen molar-refractivity contribution in [1.82, 2.24) is 4.72 Å². The minimum Gasteiger partial charge on any atom is -0.290 e. The van der Waals surface area contributed by atoms with Gasteiger partial charge < -0.3 is 0 Å². The van der Waals surface area contributed by atoms with Crippen LogP contribution in [0.2, 0.25) is 0 Å². The molecule has 0 saturated carbocycles. The first-order valence-corrected chi connectivity index (χ1v) is 9.93. The van der Waals surface area contributed by atoms with Crippen molar-refractivity contribution in [3.05, 3.63) is 71.3 Å². The minimum absolute atomic E-state index is 0.0662. The van der Waals surface area contributed by atoms with E-state index in [1.54, 1.807) is 36.4 Å². The van der Waals surface area contributed by atoms with Gasteiger partial charge in [0.05, 0.1) is 21.8 Å². The highest BCUT2D eigenvalue weighted by molar-refractivity contribution is 7.84. The van der Waals surface area contributed by atoms with E-state index in [-0.39, 0.29) is 6.42 Å². The smallest absolute Gasteiger partial charge is 0.202 e. The predicted octanol–water partition coefficient (Wildman–Crippen LogP) is 4.32. The molecule has 1 aliphatic rings. The summed E-state index contributed by atoms with van der Waals surface area (Å²) in [5, 5.41) is 0. The fourth-order valence-electron chi connectivity index (χ4n) is 3.24. The molecular formula is C21H24FNO2S. The molecule has 0 radical (unpaired) electrons. The van der Waals surface area contributed by atoms with Crippen LogP contribution in [0.25, 0.3) is 0 Å². The molecule has 2 aromatic carbocycles. The van der Waals surface area contributed by atoms with Crippen LogP contribution in [0.1, 0.15) is 54.7 Å². The van der Waals surface area contributed by atoms with Crippen molar-refractivity contribution in [2.45, 2.75) is 50.1 Å². The molecule has 1 unspecified atom stereocenters. The number of aryl methyl sites for hydroxylation is 1. The van der Waals surface area contributed by atoms with Gasteiger partial charge in [-0.1, -0.05) is 54.6 Å². The van der Waals surface area contributed by atoms with Crippen molar-refractivity contribution in [3.8, 4) is 0 Å². The van der Waals surface area contributed by atoms with Gasteiger partial charge in [-0.2, -0.15) is 0 Å².